The summed E-state index contributed by atoms with van der Waals surface area (Å²) < 4.78 is 29.3. The molecule has 0 aliphatic carbocycles. The highest BCUT2D eigenvalue weighted by Crippen LogP contribution is 2.06. The van der Waals surface area contributed by atoms with Gasteiger partial charge in [-0.15, -0.1) is 0 Å². The zero-order valence-corrected chi connectivity index (χ0v) is 11.4. The predicted octanol–water partition coefficient (Wildman–Crippen LogP) is 1.19. The van der Waals surface area contributed by atoms with Gasteiger partial charge in [0.05, 0.1) is 11.9 Å². The van der Waals surface area contributed by atoms with Gasteiger partial charge in [0.25, 0.3) is 10.1 Å². The molecule has 3 N–H and O–H groups in total. The van der Waals surface area contributed by atoms with E-state index >= 15 is 0 Å². The number of nitrogens with one attached hydrogen (secondary N) is 1. The summed E-state index contributed by atoms with van der Waals surface area (Å²) in [6.45, 7) is 2.71. The second kappa shape index (κ2) is 9.82. The second-order valence-corrected chi connectivity index (χ2v) is 5.92. The standard InChI is InChI=1S/C11H25NO4S/c1-2-3-4-5-6-7-11(13)10-12-8-9-17(14,15)16/h11-13H,2-10H2,1H3,(H,14,15,16). The number of rotatable bonds is 11. The van der Waals surface area contributed by atoms with E-state index in [1.54, 1.807) is 0 Å². The molecule has 0 bridgehead atoms. The van der Waals surface area contributed by atoms with E-state index in [9.17, 15) is 13.5 Å². The third kappa shape index (κ3) is 13.8. The van der Waals surface area contributed by atoms with E-state index < -0.39 is 16.2 Å². The van der Waals surface area contributed by atoms with Crippen molar-refractivity contribution in [2.75, 3.05) is 18.8 Å². The first-order valence-corrected chi connectivity index (χ1v) is 7.90. The van der Waals surface area contributed by atoms with Gasteiger partial charge in [-0.2, -0.15) is 8.42 Å². The molecule has 0 rings (SSSR count). The Bertz CT molecular complexity index is 267. The molecule has 0 aromatic rings. The molecule has 6 heteroatoms. The van der Waals surface area contributed by atoms with Crippen molar-refractivity contribution in [2.24, 2.45) is 0 Å². The van der Waals surface area contributed by atoms with Crippen LogP contribution in [-0.4, -0.2) is 43.0 Å². The van der Waals surface area contributed by atoms with Gasteiger partial charge < -0.3 is 10.4 Å². The number of unbranched alkanes of at least 4 members (excludes halogenated alkanes) is 4. The molecule has 0 saturated heterocycles. The average molecular weight is 267 g/mol. The maximum atomic E-state index is 10.4. The summed E-state index contributed by atoms with van der Waals surface area (Å²) in [5.74, 6) is -0.309. The van der Waals surface area contributed by atoms with Crippen molar-refractivity contribution in [3.8, 4) is 0 Å². The molecule has 0 fully saturated rings. The minimum absolute atomic E-state index is 0.172. The van der Waals surface area contributed by atoms with Crippen molar-refractivity contribution in [1.82, 2.24) is 5.32 Å². The Morgan fingerprint density at radius 2 is 1.82 bits per heavy atom. The maximum absolute atomic E-state index is 10.4. The first kappa shape index (κ1) is 16.8. The molecule has 0 aromatic carbocycles. The molecule has 1 unspecified atom stereocenters. The molecule has 104 valence electrons. The van der Waals surface area contributed by atoms with E-state index in [1.165, 1.54) is 19.3 Å². The first-order chi connectivity index (χ1) is 7.95. The molecular weight excluding hydrogens is 242 g/mol. The normalized spacial score (nSPS) is 13.8. The molecule has 0 radical (unpaired) electrons. The van der Waals surface area contributed by atoms with Crippen LogP contribution in [0.1, 0.15) is 45.4 Å². The van der Waals surface area contributed by atoms with Gasteiger partial charge in [-0.1, -0.05) is 39.0 Å². The highest BCUT2D eigenvalue weighted by Gasteiger charge is 2.06. The Balaban J connectivity index is 3.32. The van der Waals surface area contributed by atoms with E-state index in [1.807, 2.05) is 0 Å². The summed E-state index contributed by atoms with van der Waals surface area (Å²) >= 11 is 0. The monoisotopic (exact) mass is 267 g/mol. The van der Waals surface area contributed by atoms with Crippen LogP contribution in [0, 0.1) is 0 Å². The third-order valence-electron chi connectivity index (χ3n) is 2.56. The van der Waals surface area contributed by atoms with Gasteiger partial charge in [0.15, 0.2) is 0 Å². The Kier molecular flexibility index (Phi) is 9.72. The van der Waals surface area contributed by atoms with Crippen molar-refractivity contribution in [3.63, 3.8) is 0 Å². The van der Waals surface area contributed by atoms with Crippen LogP contribution in [0.25, 0.3) is 0 Å². The molecule has 5 nitrogen and oxygen atoms in total. The SMILES string of the molecule is CCCCCCCC(O)CNCCS(=O)(=O)O. The van der Waals surface area contributed by atoms with Gasteiger partial charge in [0, 0.05) is 13.1 Å². The van der Waals surface area contributed by atoms with Crippen LogP contribution in [0.3, 0.4) is 0 Å². The minimum atomic E-state index is -3.89. The fourth-order valence-corrected chi connectivity index (χ4v) is 1.96. The third-order valence-corrected chi connectivity index (χ3v) is 3.28. The van der Waals surface area contributed by atoms with E-state index in [4.69, 9.17) is 4.55 Å². The Morgan fingerprint density at radius 3 is 2.41 bits per heavy atom. The lowest BCUT2D eigenvalue weighted by Crippen LogP contribution is -2.30. The number of aliphatic hydroxyl groups excluding tert-OH is 1. The van der Waals surface area contributed by atoms with E-state index in [2.05, 4.69) is 12.2 Å². The van der Waals surface area contributed by atoms with E-state index in [0.29, 0.717) is 6.54 Å². The van der Waals surface area contributed by atoms with Gasteiger partial charge in [-0.05, 0) is 6.42 Å². The summed E-state index contributed by atoms with van der Waals surface area (Å²) in [7, 11) is -3.89. The molecule has 1 atom stereocenters. The van der Waals surface area contributed by atoms with Gasteiger partial charge in [0.1, 0.15) is 0 Å². The van der Waals surface area contributed by atoms with Crippen molar-refractivity contribution in [1.29, 1.82) is 0 Å². The molecule has 0 saturated carbocycles. The number of hydrogen-bond acceptors (Lipinski definition) is 4. The Hall–Kier alpha value is -0.170. The maximum Gasteiger partial charge on any atom is 0.266 e. The summed E-state index contributed by atoms with van der Waals surface area (Å²) in [5, 5.41) is 12.4. The highest BCUT2D eigenvalue weighted by molar-refractivity contribution is 7.85. The molecule has 17 heavy (non-hydrogen) atoms. The van der Waals surface area contributed by atoms with Crippen LogP contribution in [0.4, 0.5) is 0 Å². The van der Waals surface area contributed by atoms with Crippen LogP contribution in [0.5, 0.6) is 0 Å². The molecular formula is C11H25NO4S. The summed E-state index contributed by atoms with van der Waals surface area (Å²) in [4.78, 5) is 0. The van der Waals surface area contributed by atoms with Crippen LogP contribution in [-0.2, 0) is 10.1 Å². The van der Waals surface area contributed by atoms with Crippen LogP contribution in [0.15, 0.2) is 0 Å². The van der Waals surface area contributed by atoms with Crippen molar-refractivity contribution in [3.05, 3.63) is 0 Å². The smallest absolute Gasteiger partial charge is 0.266 e. The van der Waals surface area contributed by atoms with Crippen LogP contribution >= 0.6 is 0 Å². The number of hydrogen-bond donors (Lipinski definition) is 3. The first-order valence-electron chi connectivity index (χ1n) is 6.29. The van der Waals surface area contributed by atoms with Gasteiger partial charge >= 0.3 is 0 Å². The Labute approximate surface area is 104 Å². The lowest BCUT2D eigenvalue weighted by Gasteiger charge is -2.11. The summed E-state index contributed by atoms with van der Waals surface area (Å²) in [6.07, 6.45) is 6.10. The van der Waals surface area contributed by atoms with Crippen LogP contribution < -0.4 is 5.32 Å². The molecule has 0 aliphatic rings. The fraction of sp³-hybridized carbons (Fsp3) is 1.00. The lowest BCUT2D eigenvalue weighted by molar-refractivity contribution is 0.158. The lowest BCUT2D eigenvalue weighted by atomic mass is 10.1. The zero-order valence-electron chi connectivity index (χ0n) is 10.6. The van der Waals surface area contributed by atoms with Gasteiger partial charge in [-0.3, -0.25) is 4.55 Å². The summed E-state index contributed by atoms with van der Waals surface area (Å²) in [5.41, 5.74) is 0. The average Bonchev–Trinajstić information content (AvgIpc) is 2.23. The molecule has 0 aromatic heterocycles. The topological polar surface area (TPSA) is 86.6 Å². The van der Waals surface area contributed by atoms with Crippen molar-refractivity contribution >= 4 is 10.1 Å². The van der Waals surface area contributed by atoms with Crippen molar-refractivity contribution in [2.45, 2.75) is 51.6 Å². The predicted molar refractivity (Wildman–Crippen MR) is 68.7 cm³/mol. The molecule has 0 aliphatic heterocycles. The largest absolute Gasteiger partial charge is 0.392 e. The van der Waals surface area contributed by atoms with Crippen LogP contribution in [0.2, 0.25) is 0 Å². The highest BCUT2D eigenvalue weighted by atomic mass is 32.2. The second-order valence-electron chi connectivity index (χ2n) is 4.35. The molecule has 0 spiro atoms. The van der Waals surface area contributed by atoms with E-state index in [-0.39, 0.29) is 12.3 Å². The number of aliphatic hydroxyl groups is 1. The zero-order chi connectivity index (χ0) is 13.1. The minimum Gasteiger partial charge on any atom is -0.392 e. The summed E-state index contributed by atoms with van der Waals surface area (Å²) in [6, 6.07) is 0. The molecule has 0 heterocycles. The van der Waals surface area contributed by atoms with Gasteiger partial charge in [-0.25, -0.2) is 0 Å². The van der Waals surface area contributed by atoms with Crippen molar-refractivity contribution < 1.29 is 18.1 Å². The fourth-order valence-electron chi connectivity index (χ4n) is 1.56. The Morgan fingerprint density at radius 1 is 1.18 bits per heavy atom. The van der Waals surface area contributed by atoms with Gasteiger partial charge in [0.2, 0.25) is 0 Å². The quantitative estimate of drug-likeness (QED) is 0.386. The molecule has 0 amide bonds. The van der Waals surface area contributed by atoms with E-state index in [0.717, 1.165) is 19.3 Å².